The van der Waals surface area contributed by atoms with E-state index < -0.39 is 17.4 Å². The number of nitrogens with zero attached hydrogens (tertiary/aromatic N) is 1. The Balaban J connectivity index is 1.70. The summed E-state index contributed by atoms with van der Waals surface area (Å²) in [6.45, 7) is 1.98. The molecule has 5 rings (SSSR count). The van der Waals surface area contributed by atoms with Crippen molar-refractivity contribution in [3.63, 3.8) is 0 Å². The van der Waals surface area contributed by atoms with Crippen LogP contribution < -0.4 is 5.32 Å². The molecule has 28 heavy (non-hydrogen) atoms. The fourth-order valence-corrected chi connectivity index (χ4v) is 3.86. The van der Waals surface area contributed by atoms with Crippen molar-refractivity contribution in [1.29, 1.82) is 0 Å². The Morgan fingerprint density at radius 2 is 1.86 bits per heavy atom. The minimum atomic E-state index is -1.55. The van der Waals surface area contributed by atoms with Crippen LogP contribution in [-0.2, 0) is 15.2 Å². The van der Waals surface area contributed by atoms with Gasteiger partial charge in [-0.05, 0) is 25.1 Å². The maximum atomic E-state index is 13.4. The highest BCUT2D eigenvalue weighted by Crippen LogP contribution is 2.49. The highest BCUT2D eigenvalue weighted by Gasteiger charge is 2.63. The smallest absolute Gasteiger partial charge is 0.277 e. The number of Topliss-reactive ketones (excluding diaryl/α,β-unsaturated/α-hetero) is 1. The molecular formula is C22H16N2O4. The Labute approximate surface area is 160 Å². The van der Waals surface area contributed by atoms with Gasteiger partial charge in [-0.1, -0.05) is 53.2 Å². The van der Waals surface area contributed by atoms with Crippen LogP contribution in [0.4, 0.5) is 5.69 Å². The maximum Gasteiger partial charge on any atom is 0.277 e. The molecule has 0 saturated heterocycles. The van der Waals surface area contributed by atoms with Crippen molar-refractivity contribution in [2.45, 2.75) is 12.5 Å². The number of fused-ring (bicyclic) bond motifs is 2. The van der Waals surface area contributed by atoms with Gasteiger partial charge in [0, 0.05) is 16.8 Å². The number of rotatable bonds is 3. The average molecular weight is 372 g/mol. The van der Waals surface area contributed by atoms with Crippen LogP contribution in [0.2, 0.25) is 0 Å². The number of ketones is 1. The van der Waals surface area contributed by atoms with Gasteiger partial charge in [0.15, 0.2) is 5.76 Å². The minimum Gasteiger partial charge on any atom is -0.461 e. The molecule has 3 heterocycles. The van der Waals surface area contributed by atoms with E-state index in [1.165, 1.54) is 6.26 Å². The first-order valence-corrected chi connectivity index (χ1v) is 8.93. The number of benzene rings is 2. The van der Waals surface area contributed by atoms with E-state index in [-0.39, 0.29) is 11.5 Å². The summed E-state index contributed by atoms with van der Waals surface area (Å²) in [5, 5.41) is 7.05. The first kappa shape index (κ1) is 16.5. The number of carbonyl (C=O) groups excluding carboxylic acids is 2. The zero-order valence-corrected chi connectivity index (χ0v) is 15.0. The summed E-state index contributed by atoms with van der Waals surface area (Å²) < 4.78 is 5.35. The van der Waals surface area contributed by atoms with Crippen LogP contribution in [0.15, 0.2) is 76.5 Å². The molecule has 1 spiro atoms. The third-order valence-electron chi connectivity index (χ3n) is 5.25. The number of amides is 1. The molecular weight excluding hydrogens is 356 g/mol. The second-order valence-electron chi connectivity index (χ2n) is 6.94. The van der Waals surface area contributed by atoms with Gasteiger partial charge >= 0.3 is 0 Å². The minimum absolute atomic E-state index is 0.159. The fourth-order valence-electron chi connectivity index (χ4n) is 3.86. The van der Waals surface area contributed by atoms with Crippen LogP contribution in [0, 0.1) is 12.8 Å². The Morgan fingerprint density at radius 1 is 1.07 bits per heavy atom. The number of hydrogen-bond acceptors (Lipinski definition) is 5. The summed E-state index contributed by atoms with van der Waals surface area (Å²) in [5.74, 6) is -1.57. The number of anilines is 1. The van der Waals surface area contributed by atoms with Gasteiger partial charge < -0.3 is 14.6 Å². The van der Waals surface area contributed by atoms with Gasteiger partial charge in [0.2, 0.25) is 5.78 Å². The molecule has 2 atom stereocenters. The summed E-state index contributed by atoms with van der Waals surface area (Å²) in [6.07, 6.45) is 1.43. The molecule has 3 aromatic rings. The van der Waals surface area contributed by atoms with E-state index in [1.807, 2.05) is 43.3 Å². The summed E-state index contributed by atoms with van der Waals surface area (Å²) in [7, 11) is 0. The van der Waals surface area contributed by atoms with Crippen molar-refractivity contribution in [3.05, 3.63) is 89.4 Å². The molecule has 2 aliphatic heterocycles. The molecule has 2 aliphatic rings. The summed E-state index contributed by atoms with van der Waals surface area (Å²) in [5.41, 5.74) is 1.87. The van der Waals surface area contributed by atoms with Gasteiger partial charge in [0.1, 0.15) is 11.6 Å². The van der Waals surface area contributed by atoms with E-state index in [4.69, 9.17) is 9.25 Å². The molecule has 1 aromatic heterocycles. The Bertz CT molecular complexity index is 1120. The average Bonchev–Trinajstić information content (AvgIpc) is 3.42. The largest absolute Gasteiger partial charge is 0.461 e. The molecule has 6 nitrogen and oxygen atoms in total. The third kappa shape index (κ3) is 2.18. The lowest BCUT2D eigenvalue weighted by Crippen LogP contribution is -2.46. The highest BCUT2D eigenvalue weighted by molar-refractivity contribution is 6.24. The fraction of sp³-hybridized carbons (Fsp3) is 0.136. The Hall–Kier alpha value is -3.67. The zero-order chi connectivity index (χ0) is 19.3. The van der Waals surface area contributed by atoms with Gasteiger partial charge in [0.25, 0.3) is 11.5 Å². The van der Waals surface area contributed by atoms with Crippen LogP contribution in [-0.4, -0.2) is 17.4 Å². The number of aryl methyl sites for hydroxylation is 1. The lowest BCUT2D eigenvalue weighted by atomic mass is 9.75. The molecule has 0 aliphatic carbocycles. The number of carbonyl (C=O) groups is 2. The van der Waals surface area contributed by atoms with Gasteiger partial charge in [-0.15, -0.1) is 0 Å². The van der Waals surface area contributed by atoms with Gasteiger partial charge in [-0.25, -0.2) is 0 Å². The topological polar surface area (TPSA) is 80.9 Å². The Morgan fingerprint density at radius 3 is 2.61 bits per heavy atom. The quantitative estimate of drug-likeness (QED) is 0.712. The van der Waals surface area contributed by atoms with Crippen molar-refractivity contribution in [2.75, 3.05) is 5.32 Å². The molecule has 1 N–H and O–H groups in total. The van der Waals surface area contributed by atoms with Gasteiger partial charge in [-0.3, -0.25) is 9.59 Å². The molecule has 0 saturated carbocycles. The molecule has 1 amide bonds. The molecule has 2 aromatic carbocycles. The maximum absolute atomic E-state index is 13.4. The second kappa shape index (κ2) is 5.92. The first-order valence-electron chi connectivity index (χ1n) is 8.93. The number of hydrogen-bond donors (Lipinski definition) is 1. The van der Waals surface area contributed by atoms with Crippen LogP contribution in [0.5, 0.6) is 0 Å². The molecule has 138 valence electrons. The van der Waals surface area contributed by atoms with Crippen molar-refractivity contribution in [1.82, 2.24) is 0 Å². The van der Waals surface area contributed by atoms with E-state index in [9.17, 15) is 9.59 Å². The predicted molar refractivity (Wildman–Crippen MR) is 102 cm³/mol. The SMILES string of the molecule is Cc1ccc(C2=NO[C@]3(C(=O)Nc4ccccc43)[C@H]2C(=O)c2ccco2)cc1. The number of furan rings is 1. The number of nitrogens with one attached hydrogen (secondary N) is 1. The molecule has 0 fully saturated rings. The lowest BCUT2D eigenvalue weighted by Gasteiger charge is -2.26. The van der Waals surface area contributed by atoms with Crippen LogP contribution >= 0.6 is 0 Å². The molecule has 0 bridgehead atoms. The van der Waals surface area contributed by atoms with Gasteiger partial charge in [0.05, 0.1) is 6.26 Å². The molecule has 0 unspecified atom stereocenters. The first-order chi connectivity index (χ1) is 13.6. The summed E-state index contributed by atoms with van der Waals surface area (Å²) in [4.78, 5) is 32.3. The monoisotopic (exact) mass is 372 g/mol. The third-order valence-corrected chi connectivity index (χ3v) is 5.25. The Kier molecular flexibility index (Phi) is 3.49. The lowest BCUT2D eigenvalue weighted by molar-refractivity contribution is -0.140. The summed E-state index contributed by atoms with van der Waals surface area (Å²) in [6, 6.07) is 18.0. The summed E-state index contributed by atoms with van der Waals surface area (Å²) >= 11 is 0. The normalized spacial score (nSPS) is 22.5. The van der Waals surface area contributed by atoms with E-state index in [0.717, 1.165) is 11.1 Å². The van der Waals surface area contributed by atoms with Crippen LogP contribution in [0.3, 0.4) is 0 Å². The predicted octanol–water partition coefficient (Wildman–Crippen LogP) is 3.67. The van der Waals surface area contributed by atoms with Crippen molar-refractivity contribution in [2.24, 2.45) is 11.1 Å². The van der Waals surface area contributed by atoms with Crippen molar-refractivity contribution >= 4 is 23.1 Å². The van der Waals surface area contributed by atoms with Crippen LogP contribution in [0.25, 0.3) is 0 Å². The number of oxime groups is 1. The van der Waals surface area contributed by atoms with Crippen molar-refractivity contribution in [3.8, 4) is 0 Å². The zero-order valence-electron chi connectivity index (χ0n) is 15.0. The van der Waals surface area contributed by atoms with E-state index in [0.29, 0.717) is 17.0 Å². The van der Waals surface area contributed by atoms with Crippen LogP contribution in [0.1, 0.15) is 27.2 Å². The highest BCUT2D eigenvalue weighted by atomic mass is 16.7. The molecule has 6 heteroatoms. The van der Waals surface area contributed by atoms with E-state index in [2.05, 4.69) is 10.5 Å². The van der Waals surface area contributed by atoms with Gasteiger partial charge in [-0.2, -0.15) is 0 Å². The molecule has 0 radical (unpaired) electrons. The second-order valence-corrected chi connectivity index (χ2v) is 6.94. The van der Waals surface area contributed by atoms with E-state index in [1.54, 1.807) is 24.3 Å². The standard InChI is InChI=1S/C22H16N2O4/c1-13-8-10-14(11-9-13)19-18(20(25)17-7-4-12-27-17)22(28-24-19)15-5-2-3-6-16(15)23-21(22)26/h2-12,18H,1H3,(H,23,26)/t18-,22+/m1/s1. The van der Waals surface area contributed by atoms with E-state index >= 15 is 0 Å². The van der Waals surface area contributed by atoms with Crippen molar-refractivity contribution < 1.29 is 18.8 Å². The number of para-hydroxylation sites is 1.